The zero-order chi connectivity index (χ0) is 14.1. The van der Waals surface area contributed by atoms with E-state index in [2.05, 4.69) is 20.8 Å². The Hall–Kier alpha value is -0.870. The molecule has 2 heterocycles. The molecule has 0 saturated carbocycles. The summed E-state index contributed by atoms with van der Waals surface area (Å²) in [5.74, 6) is 0.174. The van der Waals surface area contributed by atoms with Crippen molar-refractivity contribution in [2.45, 2.75) is 32.2 Å². The molecule has 0 aromatic heterocycles. The molecule has 1 aromatic rings. The van der Waals surface area contributed by atoms with E-state index in [1.165, 1.54) is 25.9 Å². The van der Waals surface area contributed by atoms with Crippen LogP contribution in [0.5, 0.6) is 0 Å². The predicted octanol–water partition coefficient (Wildman–Crippen LogP) is 3.07. The number of carbonyl (C=O) groups is 1. The summed E-state index contributed by atoms with van der Waals surface area (Å²) >= 11 is 3.51. The minimum Gasteiger partial charge on any atom is -0.337 e. The summed E-state index contributed by atoms with van der Waals surface area (Å²) < 4.78 is 1.01. The number of hydrogen-bond acceptors (Lipinski definition) is 2. The molecule has 2 saturated heterocycles. The summed E-state index contributed by atoms with van der Waals surface area (Å²) in [6, 6.07) is 6.47. The quantitative estimate of drug-likeness (QED) is 0.828. The Morgan fingerprint density at radius 1 is 1.25 bits per heavy atom. The van der Waals surface area contributed by atoms with Gasteiger partial charge in [0.05, 0.1) is 0 Å². The van der Waals surface area contributed by atoms with Gasteiger partial charge in [0.2, 0.25) is 0 Å². The Bertz CT molecular complexity index is 511. The summed E-state index contributed by atoms with van der Waals surface area (Å²) in [6.45, 7) is 6.25. The van der Waals surface area contributed by atoms with E-state index in [0.717, 1.165) is 35.1 Å². The first-order valence-electron chi connectivity index (χ1n) is 7.44. The summed E-state index contributed by atoms with van der Waals surface area (Å²) in [5.41, 5.74) is 1.96. The van der Waals surface area contributed by atoms with E-state index < -0.39 is 0 Å². The lowest BCUT2D eigenvalue weighted by molar-refractivity contribution is 0.0780. The first-order chi connectivity index (χ1) is 9.65. The van der Waals surface area contributed by atoms with Crippen LogP contribution in [0.1, 0.15) is 35.2 Å². The van der Waals surface area contributed by atoms with Crippen LogP contribution in [0.25, 0.3) is 0 Å². The van der Waals surface area contributed by atoms with Gasteiger partial charge in [-0.05, 0) is 57.0 Å². The monoisotopic (exact) mass is 336 g/mol. The smallest absolute Gasteiger partial charge is 0.253 e. The standard InChI is InChI=1S/C16H21BrN2O/c1-12-4-5-13(10-15(12)17)16(20)19-9-6-14(11-19)18-7-2-3-8-18/h4-5,10,14H,2-3,6-9,11H2,1H3. The highest BCUT2D eigenvalue weighted by Gasteiger charge is 2.31. The van der Waals surface area contributed by atoms with Crippen LogP contribution in [-0.4, -0.2) is 47.9 Å². The molecule has 20 heavy (non-hydrogen) atoms. The van der Waals surface area contributed by atoms with Gasteiger partial charge in [-0.1, -0.05) is 22.0 Å². The maximum atomic E-state index is 12.6. The highest BCUT2D eigenvalue weighted by molar-refractivity contribution is 9.10. The van der Waals surface area contributed by atoms with Crippen LogP contribution in [0.2, 0.25) is 0 Å². The number of nitrogens with zero attached hydrogens (tertiary/aromatic N) is 2. The van der Waals surface area contributed by atoms with E-state index >= 15 is 0 Å². The fourth-order valence-corrected chi connectivity index (χ4v) is 3.62. The number of aryl methyl sites for hydroxylation is 1. The molecule has 2 aliphatic rings. The molecule has 2 fully saturated rings. The molecule has 108 valence electrons. The molecule has 1 amide bonds. The van der Waals surface area contributed by atoms with E-state index in [0.29, 0.717) is 6.04 Å². The van der Waals surface area contributed by atoms with Crippen molar-refractivity contribution in [3.05, 3.63) is 33.8 Å². The second kappa shape index (κ2) is 5.86. The molecular weight excluding hydrogens is 316 g/mol. The molecule has 1 atom stereocenters. The number of rotatable bonds is 2. The third kappa shape index (κ3) is 2.77. The highest BCUT2D eigenvalue weighted by Crippen LogP contribution is 2.23. The third-order valence-corrected chi connectivity index (χ3v) is 5.38. The molecule has 1 aromatic carbocycles. The van der Waals surface area contributed by atoms with Crippen LogP contribution < -0.4 is 0 Å². The molecule has 3 nitrogen and oxygen atoms in total. The van der Waals surface area contributed by atoms with Crippen LogP contribution in [0, 0.1) is 6.92 Å². The van der Waals surface area contributed by atoms with Gasteiger partial charge in [-0.25, -0.2) is 0 Å². The first-order valence-corrected chi connectivity index (χ1v) is 8.24. The van der Waals surface area contributed by atoms with Crippen molar-refractivity contribution in [2.24, 2.45) is 0 Å². The lowest BCUT2D eigenvalue weighted by Gasteiger charge is -2.23. The Labute approximate surface area is 129 Å². The Morgan fingerprint density at radius 3 is 2.70 bits per heavy atom. The lowest BCUT2D eigenvalue weighted by atomic mass is 10.1. The summed E-state index contributed by atoms with van der Waals surface area (Å²) in [5, 5.41) is 0. The molecule has 0 spiro atoms. The highest BCUT2D eigenvalue weighted by atomic mass is 79.9. The van der Waals surface area contributed by atoms with Gasteiger partial charge in [-0.15, -0.1) is 0 Å². The topological polar surface area (TPSA) is 23.6 Å². The Balaban J connectivity index is 1.67. The van der Waals surface area contributed by atoms with Crippen molar-refractivity contribution in [3.8, 4) is 0 Å². The second-order valence-corrected chi connectivity index (χ2v) is 6.76. The fraction of sp³-hybridized carbons (Fsp3) is 0.562. The SMILES string of the molecule is Cc1ccc(C(=O)N2CCC(N3CCCC3)C2)cc1Br. The molecule has 0 N–H and O–H groups in total. The molecule has 2 aliphatic heterocycles. The molecule has 0 aliphatic carbocycles. The maximum Gasteiger partial charge on any atom is 0.253 e. The average molecular weight is 337 g/mol. The van der Waals surface area contributed by atoms with E-state index in [9.17, 15) is 4.79 Å². The number of carbonyl (C=O) groups excluding carboxylic acids is 1. The number of hydrogen-bond donors (Lipinski definition) is 0. The summed E-state index contributed by atoms with van der Waals surface area (Å²) in [7, 11) is 0. The van der Waals surface area contributed by atoms with Crippen LogP contribution >= 0.6 is 15.9 Å². The number of likely N-dealkylation sites (tertiary alicyclic amines) is 2. The Morgan fingerprint density at radius 2 is 2.00 bits per heavy atom. The zero-order valence-electron chi connectivity index (χ0n) is 11.9. The molecule has 0 bridgehead atoms. The van der Waals surface area contributed by atoms with Crippen molar-refractivity contribution < 1.29 is 4.79 Å². The second-order valence-electron chi connectivity index (χ2n) is 5.90. The number of amides is 1. The van der Waals surface area contributed by atoms with Crippen molar-refractivity contribution in [1.82, 2.24) is 9.80 Å². The molecule has 0 radical (unpaired) electrons. The van der Waals surface area contributed by atoms with Gasteiger partial charge in [0, 0.05) is 29.2 Å². The first kappa shape index (κ1) is 14.1. The van der Waals surface area contributed by atoms with Crippen LogP contribution in [0.15, 0.2) is 22.7 Å². The largest absolute Gasteiger partial charge is 0.337 e. The third-order valence-electron chi connectivity index (χ3n) is 4.53. The van der Waals surface area contributed by atoms with Gasteiger partial charge in [0.1, 0.15) is 0 Å². The predicted molar refractivity (Wildman–Crippen MR) is 84.0 cm³/mol. The number of halogens is 1. The van der Waals surface area contributed by atoms with Crippen LogP contribution in [-0.2, 0) is 0 Å². The summed E-state index contributed by atoms with van der Waals surface area (Å²) in [4.78, 5) is 17.1. The fourth-order valence-electron chi connectivity index (χ4n) is 3.24. The van der Waals surface area contributed by atoms with Gasteiger partial charge < -0.3 is 4.90 Å². The lowest BCUT2D eigenvalue weighted by Crippen LogP contribution is -2.37. The van der Waals surface area contributed by atoms with Crippen LogP contribution in [0.3, 0.4) is 0 Å². The molecule has 3 rings (SSSR count). The van der Waals surface area contributed by atoms with Gasteiger partial charge in [-0.3, -0.25) is 9.69 Å². The van der Waals surface area contributed by atoms with Gasteiger partial charge in [0.25, 0.3) is 5.91 Å². The summed E-state index contributed by atoms with van der Waals surface area (Å²) in [6.07, 6.45) is 3.75. The average Bonchev–Trinajstić information content (AvgIpc) is 3.11. The van der Waals surface area contributed by atoms with E-state index in [1.807, 2.05) is 30.0 Å². The minimum atomic E-state index is 0.174. The van der Waals surface area contributed by atoms with Crippen molar-refractivity contribution >= 4 is 21.8 Å². The van der Waals surface area contributed by atoms with E-state index in [-0.39, 0.29) is 5.91 Å². The Kier molecular flexibility index (Phi) is 4.13. The minimum absolute atomic E-state index is 0.174. The molecule has 1 unspecified atom stereocenters. The van der Waals surface area contributed by atoms with E-state index in [1.54, 1.807) is 0 Å². The van der Waals surface area contributed by atoms with E-state index in [4.69, 9.17) is 0 Å². The normalized spacial score (nSPS) is 23.5. The molecular formula is C16H21BrN2O. The molecule has 4 heteroatoms. The van der Waals surface area contributed by atoms with Gasteiger partial charge >= 0.3 is 0 Å². The van der Waals surface area contributed by atoms with Gasteiger partial charge in [0.15, 0.2) is 0 Å². The van der Waals surface area contributed by atoms with Crippen LogP contribution in [0.4, 0.5) is 0 Å². The van der Waals surface area contributed by atoms with Crippen molar-refractivity contribution in [2.75, 3.05) is 26.2 Å². The van der Waals surface area contributed by atoms with Crippen molar-refractivity contribution in [1.29, 1.82) is 0 Å². The zero-order valence-corrected chi connectivity index (χ0v) is 13.5. The van der Waals surface area contributed by atoms with Gasteiger partial charge in [-0.2, -0.15) is 0 Å². The van der Waals surface area contributed by atoms with Crippen molar-refractivity contribution in [3.63, 3.8) is 0 Å². The number of benzene rings is 1. The maximum absolute atomic E-state index is 12.6.